The Morgan fingerprint density at radius 1 is 0.824 bits per heavy atom. The average Bonchev–Trinajstić information content (AvgIpc) is 2.87. The minimum absolute atomic E-state index is 0.0252. The van der Waals surface area contributed by atoms with Gasteiger partial charge in [0.15, 0.2) is 0 Å². The molecule has 0 spiro atoms. The number of unbranched alkanes of at least 4 members (excludes halogenated alkanes) is 6. The molecule has 1 aromatic carbocycles. The number of benzene rings is 1. The van der Waals surface area contributed by atoms with Gasteiger partial charge in [0.1, 0.15) is 0 Å². The van der Waals surface area contributed by atoms with Gasteiger partial charge >= 0.3 is 142 Å². The van der Waals surface area contributed by atoms with Gasteiger partial charge in [-0.3, -0.25) is 0 Å². The third-order valence-corrected chi connectivity index (χ3v) is 20.3. The van der Waals surface area contributed by atoms with E-state index in [-0.39, 0.29) is 11.3 Å². The predicted octanol–water partition coefficient (Wildman–Crippen LogP) is 9.04. The van der Waals surface area contributed by atoms with E-state index in [1.54, 1.807) is 0 Å². The first-order valence-electron chi connectivity index (χ1n) is 13.8. The third-order valence-electron chi connectivity index (χ3n) is 7.87. The van der Waals surface area contributed by atoms with Crippen LogP contribution in [0.15, 0.2) is 12.1 Å². The van der Waals surface area contributed by atoms with Gasteiger partial charge in [0.05, 0.1) is 13.2 Å². The summed E-state index contributed by atoms with van der Waals surface area (Å²) in [5, 5.41) is 5.73. The maximum absolute atomic E-state index is 14.7. The van der Waals surface area contributed by atoms with Gasteiger partial charge in [-0.2, -0.15) is 0 Å². The van der Waals surface area contributed by atoms with E-state index < -0.39 is 31.2 Å². The molecule has 3 nitrogen and oxygen atoms in total. The molecule has 0 radical (unpaired) electrons. The van der Waals surface area contributed by atoms with Crippen molar-refractivity contribution in [2.24, 2.45) is 5.92 Å². The number of hydrogen-bond acceptors (Lipinski definition) is 3. The molecule has 0 aliphatic carbocycles. The zero-order valence-electron chi connectivity index (χ0n) is 22.1. The monoisotopic (exact) mass is 544 g/mol. The summed E-state index contributed by atoms with van der Waals surface area (Å²) in [5.74, 6) is -1.57. The molecule has 2 rings (SSSR count). The molecule has 1 saturated heterocycles. The molecule has 1 aliphatic heterocycles. The van der Waals surface area contributed by atoms with E-state index in [2.05, 4.69) is 27.7 Å². The van der Waals surface area contributed by atoms with Crippen LogP contribution in [0.5, 0.6) is 5.75 Å². The van der Waals surface area contributed by atoms with Gasteiger partial charge < -0.3 is 9.47 Å². The van der Waals surface area contributed by atoms with E-state index in [0.717, 1.165) is 25.7 Å². The Labute approximate surface area is 209 Å². The van der Waals surface area contributed by atoms with Gasteiger partial charge in [-0.25, -0.2) is 0 Å². The fourth-order valence-electron chi connectivity index (χ4n) is 5.01. The molecule has 1 fully saturated rings. The number of halogens is 2. The van der Waals surface area contributed by atoms with Crippen molar-refractivity contribution in [2.45, 2.75) is 113 Å². The van der Waals surface area contributed by atoms with Crippen LogP contribution in [-0.4, -0.2) is 33.1 Å². The molecule has 0 aromatic heterocycles. The summed E-state index contributed by atoms with van der Waals surface area (Å²) >= 11 is -1.56. The fourth-order valence-corrected chi connectivity index (χ4v) is 12.5. The van der Waals surface area contributed by atoms with Crippen LogP contribution in [0.25, 0.3) is 0 Å². The molecule has 0 unspecified atom stereocenters. The minimum atomic E-state index is -1.56. The second-order valence-electron chi connectivity index (χ2n) is 10.1. The first kappa shape index (κ1) is 29.6. The standard InChI is InChI=1S/C28H48F2GeO3/c1-5-9-10-13-16-23-21-33-28(34-22-23)24-17-18-25(27(30)26(24)29)32-20-15-12-11-14-19-31(6-2,7-3)8-4/h17-18,23,28H,5-16,19-22H2,1-4H3. The van der Waals surface area contributed by atoms with Crippen molar-refractivity contribution in [1.82, 2.24) is 0 Å². The molecule has 0 atom stereocenters. The molecule has 0 bridgehead atoms. The number of rotatable bonds is 17. The van der Waals surface area contributed by atoms with E-state index in [1.807, 2.05) is 0 Å². The van der Waals surface area contributed by atoms with Gasteiger partial charge in [0, 0.05) is 5.92 Å². The van der Waals surface area contributed by atoms with Crippen molar-refractivity contribution in [1.29, 1.82) is 0 Å². The molecular weight excluding hydrogens is 495 g/mol. The Bertz CT molecular complexity index is 680. The Kier molecular flexibility index (Phi) is 14.1. The normalized spacial score (nSPS) is 18.9. The second-order valence-corrected chi connectivity index (χ2v) is 21.9. The van der Waals surface area contributed by atoms with Gasteiger partial charge in [0.2, 0.25) is 0 Å². The number of hydrogen-bond donors (Lipinski definition) is 0. The van der Waals surface area contributed by atoms with Crippen LogP contribution in [0, 0.1) is 17.6 Å². The second kappa shape index (κ2) is 16.2. The largest absolute Gasteiger partial charge is 0.348 e. The first-order valence-corrected chi connectivity index (χ1v) is 19.8. The van der Waals surface area contributed by atoms with E-state index in [1.165, 1.54) is 65.3 Å². The van der Waals surface area contributed by atoms with Crippen molar-refractivity contribution in [3.8, 4) is 5.75 Å². The summed E-state index contributed by atoms with van der Waals surface area (Å²) in [7, 11) is 0. The van der Waals surface area contributed by atoms with Crippen LogP contribution in [0.3, 0.4) is 0 Å². The van der Waals surface area contributed by atoms with Gasteiger partial charge in [-0.15, -0.1) is 0 Å². The molecule has 1 aliphatic rings. The quantitative estimate of drug-likeness (QED) is 0.145. The Morgan fingerprint density at radius 2 is 1.47 bits per heavy atom. The maximum Gasteiger partial charge on any atom is 0.0551 e. The Morgan fingerprint density at radius 3 is 2.12 bits per heavy atom. The molecule has 0 amide bonds. The van der Waals surface area contributed by atoms with Crippen molar-refractivity contribution in [3.63, 3.8) is 0 Å². The molecule has 1 heterocycles. The van der Waals surface area contributed by atoms with Crippen LogP contribution in [-0.2, 0) is 9.47 Å². The zero-order valence-corrected chi connectivity index (χ0v) is 24.2. The van der Waals surface area contributed by atoms with E-state index in [4.69, 9.17) is 14.2 Å². The van der Waals surface area contributed by atoms with E-state index in [9.17, 15) is 8.78 Å². The van der Waals surface area contributed by atoms with Gasteiger partial charge in [-0.1, -0.05) is 32.6 Å². The van der Waals surface area contributed by atoms with Crippen LogP contribution in [0.4, 0.5) is 8.78 Å². The molecule has 1 aromatic rings. The maximum atomic E-state index is 14.7. The fraction of sp³-hybridized carbons (Fsp3) is 0.786. The SMILES string of the molecule is CCCCCCC1COC(c2ccc(OCCCCC[CH2][Ge]([CH2]C)([CH2]C)[CH2]C)c(F)c2F)OC1. The summed E-state index contributed by atoms with van der Waals surface area (Å²) in [6, 6.07) is 3.04. The Hall–Kier alpha value is -0.657. The first-order chi connectivity index (χ1) is 16.5. The summed E-state index contributed by atoms with van der Waals surface area (Å²) in [4.78, 5) is 0. The van der Waals surface area contributed by atoms with Gasteiger partial charge in [0.25, 0.3) is 0 Å². The predicted molar refractivity (Wildman–Crippen MR) is 139 cm³/mol. The van der Waals surface area contributed by atoms with E-state index >= 15 is 0 Å². The summed E-state index contributed by atoms with van der Waals surface area (Å²) in [6.45, 7) is 10.8. The van der Waals surface area contributed by atoms with Crippen LogP contribution in [0.2, 0.25) is 21.0 Å². The van der Waals surface area contributed by atoms with E-state index in [0.29, 0.717) is 25.7 Å². The van der Waals surface area contributed by atoms with Crippen LogP contribution >= 0.6 is 0 Å². The molecule has 0 saturated carbocycles. The van der Waals surface area contributed by atoms with Crippen LogP contribution < -0.4 is 4.74 Å². The summed E-state index contributed by atoms with van der Waals surface area (Å²) < 4.78 is 46.3. The van der Waals surface area contributed by atoms with Crippen molar-refractivity contribution < 1.29 is 23.0 Å². The summed E-state index contributed by atoms with van der Waals surface area (Å²) in [6.07, 6.45) is 9.47. The zero-order chi connectivity index (χ0) is 24.8. The Balaban J connectivity index is 1.71. The minimum Gasteiger partial charge on any atom is -0.348 e. The van der Waals surface area contributed by atoms with Crippen molar-refractivity contribution >= 4 is 13.3 Å². The molecule has 6 heteroatoms. The van der Waals surface area contributed by atoms with Crippen molar-refractivity contribution in [2.75, 3.05) is 19.8 Å². The molecule has 0 N–H and O–H groups in total. The third kappa shape index (κ3) is 9.09. The summed E-state index contributed by atoms with van der Waals surface area (Å²) in [5.41, 5.74) is 0.117. The molecule has 34 heavy (non-hydrogen) atoms. The molecule has 196 valence electrons. The van der Waals surface area contributed by atoms with Crippen molar-refractivity contribution in [3.05, 3.63) is 29.3 Å². The number of ether oxygens (including phenoxy) is 3. The van der Waals surface area contributed by atoms with Crippen LogP contribution in [0.1, 0.15) is 97.3 Å². The van der Waals surface area contributed by atoms with Gasteiger partial charge in [-0.05, 0) is 6.42 Å². The topological polar surface area (TPSA) is 27.7 Å². The molecular formula is C28H48F2GeO3. The smallest absolute Gasteiger partial charge is 0.0551 e. The average molecular weight is 543 g/mol.